The average Bonchev–Trinajstić information content (AvgIpc) is 3.24. The van der Waals surface area contributed by atoms with Gasteiger partial charge in [0.15, 0.2) is 0 Å². The average molecular weight is 328 g/mol. The highest BCUT2D eigenvalue weighted by Crippen LogP contribution is 2.27. The maximum atomic E-state index is 12.1. The van der Waals surface area contributed by atoms with Gasteiger partial charge in [0.2, 0.25) is 5.91 Å². The topological polar surface area (TPSA) is 57.6 Å². The summed E-state index contributed by atoms with van der Waals surface area (Å²) in [5.74, 6) is -1.08. The fourth-order valence-electron chi connectivity index (χ4n) is 1.95. The van der Waals surface area contributed by atoms with Crippen molar-refractivity contribution in [1.82, 2.24) is 4.90 Å². The Hall–Kier alpha value is -1.52. The quantitative estimate of drug-likeness (QED) is 0.814. The van der Waals surface area contributed by atoms with Gasteiger partial charge in [-0.05, 0) is 36.6 Å². The van der Waals surface area contributed by atoms with Crippen molar-refractivity contribution in [3.8, 4) is 0 Å². The van der Waals surface area contributed by atoms with Crippen LogP contribution in [-0.2, 0) is 9.59 Å². The molecule has 4 nitrogen and oxygen atoms in total. The minimum Gasteiger partial charge on any atom is -0.481 e. The summed E-state index contributed by atoms with van der Waals surface area (Å²) in [6.07, 6.45) is 4.93. The fourth-order valence-corrected chi connectivity index (χ4v) is 2.26. The van der Waals surface area contributed by atoms with E-state index in [9.17, 15) is 9.59 Å². The van der Waals surface area contributed by atoms with Gasteiger partial charge in [-0.3, -0.25) is 9.59 Å². The standard InChI is InChI=1S/C15H15Cl2NO3/c16-12-5-1-10(9-13(12)17)2-6-14(19)18(11-3-4-11)8-7-15(20)21/h1-2,5-6,9,11H,3-4,7-8H2,(H,20,21)/b6-2+. The Bertz CT molecular complexity index is 582. The second-order valence-corrected chi connectivity index (χ2v) is 5.73. The number of carboxylic acids is 1. The summed E-state index contributed by atoms with van der Waals surface area (Å²) in [4.78, 5) is 24.4. The molecule has 0 aliphatic heterocycles. The Kier molecular flexibility index (Phi) is 5.26. The number of nitrogens with zero attached hydrogens (tertiary/aromatic N) is 1. The third-order valence-corrected chi connectivity index (χ3v) is 3.94. The van der Waals surface area contributed by atoms with E-state index in [1.807, 2.05) is 0 Å². The Morgan fingerprint density at radius 3 is 2.57 bits per heavy atom. The molecule has 1 aromatic rings. The van der Waals surface area contributed by atoms with Gasteiger partial charge in [0.05, 0.1) is 16.5 Å². The fraction of sp³-hybridized carbons (Fsp3) is 0.333. The Labute approximate surface area is 133 Å². The van der Waals surface area contributed by atoms with E-state index in [1.165, 1.54) is 6.08 Å². The molecule has 0 radical (unpaired) electrons. The summed E-state index contributed by atoms with van der Waals surface area (Å²) in [6.45, 7) is 0.241. The van der Waals surface area contributed by atoms with Crippen LogP contribution in [0.2, 0.25) is 10.0 Å². The number of hydrogen-bond donors (Lipinski definition) is 1. The third kappa shape index (κ3) is 4.76. The van der Waals surface area contributed by atoms with Gasteiger partial charge in [0, 0.05) is 18.7 Å². The molecule has 1 aromatic carbocycles. The molecule has 112 valence electrons. The highest BCUT2D eigenvalue weighted by molar-refractivity contribution is 6.42. The van der Waals surface area contributed by atoms with E-state index in [0.29, 0.717) is 10.0 Å². The molecule has 1 amide bonds. The Morgan fingerprint density at radius 2 is 2.00 bits per heavy atom. The van der Waals surface area contributed by atoms with Crippen LogP contribution in [0.1, 0.15) is 24.8 Å². The third-order valence-electron chi connectivity index (χ3n) is 3.20. The zero-order valence-electron chi connectivity index (χ0n) is 11.3. The van der Waals surface area contributed by atoms with Crippen molar-refractivity contribution in [1.29, 1.82) is 0 Å². The van der Waals surface area contributed by atoms with Crippen LogP contribution in [-0.4, -0.2) is 34.5 Å². The first-order valence-electron chi connectivity index (χ1n) is 6.63. The molecule has 0 heterocycles. The molecule has 1 N–H and O–H groups in total. The van der Waals surface area contributed by atoms with Crippen LogP contribution in [0.5, 0.6) is 0 Å². The van der Waals surface area contributed by atoms with Crippen LogP contribution in [0.25, 0.3) is 6.08 Å². The molecular weight excluding hydrogens is 313 g/mol. The number of amides is 1. The number of aliphatic carboxylic acids is 1. The zero-order valence-corrected chi connectivity index (χ0v) is 12.8. The SMILES string of the molecule is O=C(O)CCN(C(=O)/C=C/c1ccc(Cl)c(Cl)c1)C1CC1. The summed E-state index contributed by atoms with van der Waals surface area (Å²) in [7, 11) is 0. The summed E-state index contributed by atoms with van der Waals surface area (Å²) >= 11 is 11.7. The van der Waals surface area contributed by atoms with Crippen molar-refractivity contribution in [3.05, 3.63) is 39.9 Å². The molecule has 1 aliphatic carbocycles. The first-order valence-corrected chi connectivity index (χ1v) is 7.38. The normalized spacial score (nSPS) is 14.4. The van der Waals surface area contributed by atoms with Gasteiger partial charge >= 0.3 is 5.97 Å². The largest absolute Gasteiger partial charge is 0.481 e. The molecule has 1 aliphatic rings. The molecule has 0 spiro atoms. The molecule has 0 bridgehead atoms. The van der Waals surface area contributed by atoms with E-state index in [1.54, 1.807) is 29.2 Å². The van der Waals surface area contributed by atoms with Crippen molar-refractivity contribution in [3.63, 3.8) is 0 Å². The molecule has 1 saturated carbocycles. The Morgan fingerprint density at radius 1 is 1.29 bits per heavy atom. The van der Waals surface area contributed by atoms with Gasteiger partial charge < -0.3 is 10.0 Å². The zero-order chi connectivity index (χ0) is 15.4. The molecular formula is C15H15Cl2NO3. The van der Waals surface area contributed by atoms with E-state index in [-0.39, 0.29) is 24.9 Å². The van der Waals surface area contributed by atoms with Gasteiger partial charge in [0.1, 0.15) is 0 Å². The smallest absolute Gasteiger partial charge is 0.305 e. The number of rotatable bonds is 6. The summed E-state index contributed by atoms with van der Waals surface area (Å²) in [5, 5.41) is 9.61. The second-order valence-electron chi connectivity index (χ2n) is 4.91. The molecule has 21 heavy (non-hydrogen) atoms. The van der Waals surface area contributed by atoms with Crippen molar-refractivity contribution in [2.75, 3.05) is 6.54 Å². The van der Waals surface area contributed by atoms with Crippen molar-refractivity contribution < 1.29 is 14.7 Å². The number of carboxylic acid groups (broad SMARTS) is 1. The van der Waals surface area contributed by atoms with Crippen molar-refractivity contribution in [2.24, 2.45) is 0 Å². The first-order chi connectivity index (χ1) is 9.97. The molecule has 2 rings (SSSR count). The summed E-state index contributed by atoms with van der Waals surface area (Å²) < 4.78 is 0. The van der Waals surface area contributed by atoms with Gasteiger partial charge in [-0.25, -0.2) is 0 Å². The summed E-state index contributed by atoms with van der Waals surface area (Å²) in [5.41, 5.74) is 0.770. The number of benzene rings is 1. The maximum Gasteiger partial charge on any atom is 0.305 e. The molecule has 0 aromatic heterocycles. The van der Waals surface area contributed by atoms with Crippen molar-refractivity contribution >= 4 is 41.2 Å². The highest BCUT2D eigenvalue weighted by Gasteiger charge is 2.31. The lowest BCUT2D eigenvalue weighted by molar-refractivity contribution is -0.138. The van der Waals surface area contributed by atoms with E-state index in [4.69, 9.17) is 28.3 Å². The molecule has 0 unspecified atom stereocenters. The van der Waals surface area contributed by atoms with Crippen LogP contribution in [0, 0.1) is 0 Å². The molecule has 0 atom stereocenters. The minimum atomic E-state index is -0.901. The minimum absolute atomic E-state index is 0.0388. The lowest BCUT2D eigenvalue weighted by Crippen LogP contribution is -2.33. The maximum absolute atomic E-state index is 12.1. The van der Waals surface area contributed by atoms with E-state index in [2.05, 4.69) is 0 Å². The predicted molar refractivity (Wildman–Crippen MR) is 82.5 cm³/mol. The highest BCUT2D eigenvalue weighted by atomic mass is 35.5. The van der Waals surface area contributed by atoms with E-state index in [0.717, 1.165) is 18.4 Å². The number of carbonyl (C=O) groups excluding carboxylic acids is 1. The molecule has 6 heteroatoms. The molecule has 1 fully saturated rings. The first kappa shape index (κ1) is 15.9. The van der Waals surface area contributed by atoms with Gasteiger partial charge in [-0.2, -0.15) is 0 Å². The van der Waals surface area contributed by atoms with Gasteiger partial charge in [-0.1, -0.05) is 29.3 Å². The number of carbonyl (C=O) groups is 2. The van der Waals surface area contributed by atoms with E-state index < -0.39 is 5.97 Å². The lowest BCUT2D eigenvalue weighted by atomic mass is 10.2. The van der Waals surface area contributed by atoms with Crippen LogP contribution in [0.15, 0.2) is 24.3 Å². The Balaban J connectivity index is 2.01. The van der Waals surface area contributed by atoms with Gasteiger partial charge in [0.25, 0.3) is 0 Å². The van der Waals surface area contributed by atoms with E-state index >= 15 is 0 Å². The van der Waals surface area contributed by atoms with Crippen LogP contribution in [0.4, 0.5) is 0 Å². The number of halogens is 2. The van der Waals surface area contributed by atoms with Crippen LogP contribution in [0.3, 0.4) is 0 Å². The monoisotopic (exact) mass is 327 g/mol. The van der Waals surface area contributed by atoms with Gasteiger partial charge in [-0.15, -0.1) is 0 Å². The van der Waals surface area contributed by atoms with Crippen LogP contribution >= 0.6 is 23.2 Å². The van der Waals surface area contributed by atoms with Crippen LogP contribution < -0.4 is 0 Å². The molecule has 0 saturated heterocycles. The van der Waals surface area contributed by atoms with Crippen molar-refractivity contribution in [2.45, 2.75) is 25.3 Å². The predicted octanol–water partition coefficient (Wildman–Crippen LogP) is 3.47. The summed E-state index contributed by atoms with van der Waals surface area (Å²) in [6, 6.07) is 5.27. The number of hydrogen-bond acceptors (Lipinski definition) is 2. The second kappa shape index (κ2) is 6.96. The lowest BCUT2D eigenvalue weighted by Gasteiger charge is -2.19.